The van der Waals surface area contributed by atoms with E-state index in [1.165, 1.54) is 24.3 Å². The van der Waals surface area contributed by atoms with Crippen molar-refractivity contribution in [3.05, 3.63) is 24.3 Å². The maximum atomic E-state index is 12.5. The van der Waals surface area contributed by atoms with Crippen LogP contribution in [0.25, 0.3) is 0 Å². The Morgan fingerprint density at radius 2 is 2.00 bits per heavy atom. The molecule has 0 saturated carbocycles. The van der Waals surface area contributed by atoms with Crippen molar-refractivity contribution in [1.29, 1.82) is 0 Å². The zero-order valence-electron chi connectivity index (χ0n) is 12.4. The summed E-state index contributed by atoms with van der Waals surface area (Å²) in [5.74, 6) is 2.42. The van der Waals surface area contributed by atoms with Gasteiger partial charge in [-0.3, -0.25) is 4.90 Å². The number of hydrogen-bond donors (Lipinski definition) is 0. The molecule has 4 nitrogen and oxygen atoms in total. The fourth-order valence-corrected chi connectivity index (χ4v) is 3.30. The van der Waals surface area contributed by atoms with Crippen molar-refractivity contribution in [1.82, 2.24) is 4.90 Å². The molecule has 0 bridgehead atoms. The van der Waals surface area contributed by atoms with Crippen molar-refractivity contribution in [2.45, 2.75) is 25.2 Å². The minimum Gasteiger partial charge on any atom is -0.406 e. The lowest BCUT2D eigenvalue weighted by Crippen LogP contribution is -2.38. The van der Waals surface area contributed by atoms with Crippen LogP contribution >= 0.6 is 0 Å². The standard InChI is InChI=1S/C16H15F3N2O2/c1-3-11-8-15(2)10-20(14(22)21(15)9-11)12-4-6-13(7-5-12)23-16(17,18)19/h1,4-7,11H,8-10H2,2H3/t11-,15-/m0/s1. The molecule has 0 spiro atoms. The molecule has 2 atom stereocenters. The van der Waals surface area contributed by atoms with Gasteiger partial charge in [0.25, 0.3) is 0 Å². The van der Waals surface area contributed by atoms with Gasteiger partial charge in [-0.2, -0.15) is 0 Å². The summed E-state index contributed by atoms with van der Waals surface area (Å²) in [7, 11) is 0. The summed E-state index contributed by atoms with van der Waals surface area (Å²) in [6.07, 6.45) is 1.44. The Kier molecular flexibility index (Phi) is 3.43. The number of hydrogen-bond acceptors (Lipinski definition) is 2. The summed E-state index contributed by atoms with van der Waals surface area (Å²) in [4.78, 5) is 15.8. The normalized spacial score (nSPS) is 27.1. The Hall–Kier alpha value is -2.36. The van der Waals surface area contributed by atoms with E-state index in [2.05, 4.69) is 10.7 Å². The summed E-state index contributed by atoms with van der Waals surface area (Å²) in [6, 6.07) is 5.12. The third kappa shape index (κ3) is 2.81. The lowest BCUT2D eigenvalue weighted by Gasteiger charge is -2.24. The number of nitrogens with zero attached hydrogens (tertiary/aromatic N) is 2. The minimum atomic E-state index is -4.73. The maximum Gasteiger partial charge on any atom is 0.573 e. The molecular weight excluding hydrogens is 309 g/mol. The molecule has 2 heterocycles. The first-order valence-corrected chi connectivity index (χ1v) is 7.13. The van der Waals surface area contributed by atoms with Gasteiger partial charge >= 0.3 is 12.4 Å². The number of halogens is 3. The van der Waals surface area contributed by atoms with Crippen molar-refractivity contribution in [2.75, 3.05) is 18.0 Å². The first-order valence-electron chi connectivity index (χ1n) is 7.13. The molecule has 0 aromatic heterocycles. The van der Waals surface area contributed by atoms with Crippen molar-refractivity contribution in [2.24, 2.45) is 5.92 Å². The van der Waals surface area contributed by atoms with Crippen LogP contribution in [0.3, 0.4) is 0 Å². The monoisotopic (exact) mass is 324 g/mol. The number of amides is 2. The van der Waals surface area contributed by atoms with Crippen molar-refractivity contribution < 1.29 is 22.7 Å². The van der Waals surface area contributed by atoms with E-state index in [4.69, 9.17) is 6.42 Å². The quantitative estimate of drug-likeness (QED) is 0.783. The van der Waals surface area contributed by atoms with E-state index in [1.807, 2.05) is 6.92 Å². The molecule has 0 N–H and O–H groups in total. The number of urea groups is 1. The van der Waals surface area contributed by atoms with Gasteiger partial charge in [0, 0.05) is 18.2 Å². The first kappa shape index (κ1) is 15.5. The van der Waals surface area contributed by atoms with Gasteiger partial charge in [0.15, 0.2) is 0 Å². The van der Waals surface area contributed by atoms with Crippen LogP contribution in [0.1, 0.15) is 13.3 Å². The highest BCUT2D eigenvalue weighted by Crippen LogP contribution is 2.41. The molecule has 1 aromatic carbocycles. The van der Waals surface area contributed by atoms with Crippen molar-refractivity contribution in [3.8, 4) is 18.1 Å². The Morgan fingerprint density at radius 1 is 1.35 bits per heavy atom. The largest absolute Gasteiger partial charge is 0.573 e. The maximum absolute atomic E-state index is 12.5. The van der Waals surface area contributed by atoms with Crippen LogP contribution < -0.4 is 9.64 Å². The fraction of sp³-hybridized carbons (Fsp3) is 0.438. The third-order valence-electron chi connectivity index (χ3n) is 4.32. The second-order valence-electron chi connectivity index (χ2n) is 6.09. The highest BCUT2D eigenvalue weighted by molar-refractivity contribution is 5.95. The predicted molar refractivity (Wildman–Crippen MR) is 77.9 cm³/mol. The van der Waals surface area contributed by atoms with Crippen molar-refractivity contribution in [3.63, 3.8) is 0 Å². The molecule has 2 amide bonds. The van der Waals surface area contributed by atoms with E-state index >= 15 is 0 Å². The Balaban J connectivity index is 1.77. The SMILES string of the molecule is C#C[C@@H]1CN2C(=O)N(c3ccc(OC(F)(F)F)cc3)C[C@]2(C)C1. The van der Waals surface area contributed by atoms with Gasteiger partial charge in [0.05, 0.1) is 12.1 Å². The van der Waals surface area contributed by atoms with Gasteiger partial charge in [-0.05, 0) is 37.6 Å². The zero-order chi connectivity index (χ0) is 16.8. The summed E-state index contributed by atoms with van der Waals surface area (Å²) in [6.45, 7) is 2.95. The van der Waals surface area contributed by atoms with Crippen LogP contribution in [-0.2, 0) is 0 Å². The molecule has 2 saturated heterocycles. The average molecular weight is 324 g/mol. The first-order chi connectivity index (χ1) is 10.7. The molecule has 0 radical (unpaired) electrons. The van der Waals surface area contributed by atoms with Gasteiger partial charge in [0.2, 0.25) is 0 Å². The average Bonchev–Trinajstić information content (AvgIpc) is 2.91. The molecule has 122 valence electrons. The number of terminal acetylenes is 1. The van der Waals surface area contributed by atoms with Gasteiger partial charge in [-0.1, -0.05) is 0 Å². The second kappa shape index (κ2) is 5.08. The molecule has 3 rings (SSSR count). The molecule has 2 fully saturated rings. The summed E-state index contributed by atoms with van der Waals surface area (Å²) in [5.41, 5.74) is 0.201. The lowest BCUT2D eigenvalue weighted by molar-refractivity contribution is -0.274. The van der Waals surface area contributed by atoms with Gasteiger partial charge < -0.3 is 9.64 Å². The molecule has 23 heavy (non-hydrogen) atoms. The van der Waals surface area contributed by atoms with Crippen LogP contribution in [-0.4, -0.2) is 35.9 Å². The molecule has 2 aliphatic rings. The van der Waals surface area contributed by atoms with Crippen molar-refractivity contribution >= 4 is 11.7 Å². The van der Waals surface area contributed by atoms with Gasteiger partial charge in [-0.25, -0.2) is 4.79 Å². The molecule has 2 aliphatic heterocycles. The number of anilines is 1. The Bertz CT molecular complexity index is 665. The number of fused-ring (bicyclic) bond motifs is 1. The summed E-state index contributed by atoms with van der Waals surface area (Å²) in [5, 5.41) is 0. The van der Waals surface area contributed by atoms with E-state index in [-0.39, 0.29) is 23.2 Å². The highest BCUT2D eigenvalue weighted by atomic mass is 19.4. The zero-order valence-corrected chi connectivity index (χ0v) is 12.4. The fourth-order valence-electron chi connectivity index (χ4n) is 3.30. The van der Waals surface area contributed by atoms with Crippen LogP contribution in [0.4, 0.5) is 23.7 Å². The van der Waals surface area contributed by atoms with Gasteiger partial charge in [0.1, 0.15) is 5.75 Å². The molecule has 1 aromatic rings. The van der Waals surface area contributed by atoms with E-state index in [0.717, 1.165) is 6.42 Å². The summed E-state index contributed by atoms with van der Waals surface area (Å²) >= 11 is 0. The lowest BCUT2D eigenvalue weighted by atomic mass is 9.95. The van der Waals surface area contributed by atoms with Crippen LogP contribution in [0.15, 0.2) is 24.3 Å². The van der Waals surface area contributed by atoms with Crippen LogP contribution in [0.5, 0.6) is 5.75 Å². The third-order valence-corrected chi connectivity index (χ3v) is 4.32. The van der Waals surface area contributed by atoms with Gasteiger partial charge in [-0.15, -0.1) is 25.5 Å². The van der Waals surface area contributed by atoms with E-state index < -0.39 is 6.36 Å². The number of carbonyl (C=O) groups is 1. The number of alkyl halides is 3. The van der Waals surface area contributed by atoms with Crippen LogP contribution in [0, 0.1) is 18.3 Å². The van der Waals surface area contributed by atoms with Crippen LogP contribution in [0.2, 0.25) is 0 Å². The molecule has 0 aliphatic carbocycles. The minimum absolute atomic E-state index is 0.0497. The summed E-state index contributed by atoms with van der Waals surface area (Å²) < 4.78 is 40.3. The van der Waals surface area contributed by atoms with E-state index in [9.17, 15) is 18.0 Å². The number of ether oxygens (including phenoxy) is 1. The molecule has 0 unspecified atom stereocenters. The smallest absolute Gasteiger partial charge is 0.406 e. The highest BCUT2D eigenvalue weighted by Gasteiger charge is 2.52. The predicted octanol–water partition coefficient (Wildman–Crippen LogP) is 3.24. The van der Waals surface area contributed by atoms with E-state index in [1.54, 1.807) is 9.80 Å². The number of benzene rings is 1. The Labute approximate surface area is 131 Å². The second-order valence-corrected chi connectivity index (χ2v) is 6.09. The Morgan fingerprint density at radius 3 is 2.52 bits per heavy atom. The topological polar surface area (TPSA) is 32.8 Å². The number of carbonyl (C=O) groups excluding carboxylic acids is 1. The number of rotatable bonds is 2. The van der Waals surface area contributed by atoms with E-state index in [0.29, 0.717) is 18.8 Å². The molecule has 7 heteroatoms. The molecular formula is C16H15F3N2O2.